The number of rotatable bonds is 3. The highest BCUT2D eigenvalue weighted by Gasteiger charge is 2.20. The van der Waals surface area contributed by atoms with Gasteiger partial charge in [0.2, 0.25) is 5.91 Å². The molecule has 0 bridgehead atoms. The second-order valence-electron chi connectivity index (χ2n) is 5.01. The number of carbonyl (C=O) groups is 1. The molecule has 0 unspecified atom stereocenters. The molecule has 0 aliphatic carbocycles. The molecule has 1 rings (SSSR count). The highest BCUT2D eigenvalue weighted by molar-refractivity contribution is 8.13. The molecule has 0 fully saturated rings. The van der Waals surface area contributed by atoms with Gasteiger partial charge in [0.1, 0.15) is 0 Å². The molecule has 6 heteroatoms. The summed E-state index contributed by atoms with van der Waals surface area (Å²) in [6.07, 6.45) is 0. The summed E-state index contributed by atoms with van der Waals surface area (Å²) in [6, 6.07) is 6.08. The fourth-order valence-electron chi connectivity index (χ4n) is 1.22. The summed E-state index contributed by atoms with van der Waals surface area (Å²) in [4.78, 5) is 11.7. The van der Waals surface area contributed by atoms with E-state index in [1.165, 1.54) is 12.1 Å². The third-order valence-corrected chi connectivity index (χ3v) is 3.71. The zero-order chi connectivity index (χ0) is 14.0. The van der Waals surface area contributed by atoms with Gasteiger partial charge in [-0.05, 0) is 17.7 Å². The predicted octanol–water partition coefficient (Wildman–Crippen LogP) is 2.28. The van der Waals surface area contributed by atoms with Crippen molar-refractivity contribution in [3.8, 4) is 0 Å². The van der Waals surface area contributed by atoms with Crippen LogP contribution in [0.4, 0.5) is 0 Å². The molecule has 100 valence electrons. The molecule has 1 amide bonds. The molecule has 0 atom stereocenters. The van der Waals surface area contributed by atoms with Gasteiger partial charge in [-0.3, -0.25) is 4.79 Å². The van der Waals surface area contributed by atoms with Gasteiger partial charge >= 0.3 is 0 Å². The normalized spacial score (nSPS) is 12.2. The monoisotopic (exact) mass is 289 g/mol. The average Bonchev–Trinajstić information content (AvgIpc) is 2.24. The molecule has 1 N–H and O–H groups in total. The molecule has 0 saturated carbocycles. The minimum Gasteiger partial charge on any atom is -0.352 e. The first-order valence-corrected chi connectivity index (χ1v) is 7.73. The first-order chi connectivity index (χ1) is 8.10. The Morgan fingerprint density at radius 1 is 1.22 bits per heavy atom. The van der Waals surface area contributed by atoms with Gasteiger partial charge in [0.15, 0.2) is 0 Å². The van der Waals surface area contributed by atoms with Crippen molar-refractivity contribution in [1.82, 2.24) is 5.32 Å². The second-order valence-corrected chi connectivity index (χ2v) is 7.58. The van der Waals surface area contributed by atoms with E-state index >= 15 is 0 Å². The van der Waals surface area contributed by atoms with E-state index < -0.39 is 14.5 Å². The SMILES string of the molecule is CC(C)(C)C(=O)NCc1ccc(S(=O)(=O)Cl)cc1. The van der Waals surface area contributed by atoms with Crippen molar-refractivity contribution >= 4 is 25.6 Å². The lowest BCUT2D eigenvalue weighted by molar-refractivity contribution is -0.128. The van der Waals surface area contributed by atoms with Gasteiger partial charge in [0, 0.05) is 22.6 Å². The number of hydrogen-bond acceptors (Lipinski definition) is 3. The summed E-state index contributed by atoms with van der Waals surface area (Å²) in [5.74, 6) is -0.0588. The molecule has 4 nitrogen and oxygen atoms in total. The van der Waals surface area contributed by atoms with Gasteiger partial charge < -0.3 is 5.32 Å². The maximum absolute atomic E-state index is 11.6. The maximum atomic E-state index is 11.6. The largest absolute Gasteiger partial charge is 0.352 e. The molecule has 0 heterocycles. The molecular weight excluding hydrogens is 274 g/mol. The smallest absolute Gasteiger partial charge is 0.261 e. The van der Waals surface area contributed by atoms with Gasteiger partial charge in [0.05, 0.1) is 4.90 Å². The topological polar surface area (TPSA) is 63.2 Å². The molecular formula is C12H16ClNO3S. The highest BCUT2D eigenvalue weighted by Crippen LogP contribution is 2.16. The van der Waals surface area contributed by atoms with Crippen LogP contribution in [0.5, 0.6) is 0 Å². The lowest BCUT2D eigenvalue weighted by Gasteiger charge is -2.17. The van der Waals surface area contributed by atoms with Crippen LogP contribution in [0.15, 0.2) is 29.2 Å². The summed E-state index contributed by atoms with van der Waals surface area (Å²) in [7, 11) is 1.51. The lowest BCUT2D eigenvalue weighted by atomic mass is 9.95. The molecule has 1 aromatic rings. The number of halogens is 1. The minimum atomic E-state index is -3.69. The number of nitrogens with one attached hydrogen (secondary N) is 1. The van der Waals surface area contributed by atoms with Crippen LogP contribution in [0.25, 0.3) is 0 Å². The Balaban J connectivity index is 2.69. The van der Waals surface area contributed by atoms with E-state index in [1.807, 2.05) is 20.8 Å². The number of benzene rings is 1. The standard InChI is InChI=1S/C12H16ClNO3S/c1-12(2,3)11(15)14-8-9-4-6-10(7-5-9)18(13,16)17/h4-7H,8H2,1-3H3,(H,14,15). The second kappa shape index (κ2) is 5.28. The van der Waals surface area contributed by atoms with Crippen LogP contribution >= 0.6 is 10.7 Å². The Hall–Kier alpha value is -1.07. The number of amides is 1. The van der Waals surface area contributed by atoms with E-state index in [-0.39, 0.29) is 10.8 Å². The van der Waals surface area contributed by atoms with E-state index in [0.717, 1.165) is 5.56 Å². The third kappa shape index (κ3) is 4.31. The van der Waals surface area contributed by atoms with Crippen molar-refractivity contribution in [2.24, 2.45) is 5.41 Å². The Labute approximate surface area is 112 Å². The summed E-state index contributed by atoms with van der Waals surface area (Å²) >= 11 is 0. The average molecular weight is 290 g/mol. The summed E-state index contributed by atoms with van der Waals surface area (Å²) < 4.78 is 22.1. The Morgan fingerprint density at radius 2 is 1.72 bits per heavy atom. The zero-order valence-electron chi connectivity index (χ0n) is 10.5. The molecule has 0 aliphatic heterocycles. The highest BCUT2D eigenvalue weighted by atomic mass is 35.7. The van der Waals surface area contributed by atoms with Crippen LogP contribution in [0, 0.1) is 5.41 Å². The van der Waals surface area contributed by atoms with Crippen molar-refractivity contribution in [2.45, 2.75) is 32.2 Å². The predicted molar refractivity (Wildman–Crippen MR) is 70.8 cm³/mol. The van der Waals surface area contributed by atoms with Gasteiger partial charge in [-0.1, -0.05) is 32.9 Å². The fourth-order valence-corrected chi connectivity index (χ4v) is 1.99. The molecule has 0 spiro atoms. The molecule has 0 aliphatic rings. The fraction of sp³-hybridized carbons (Fsp3) is 0.417. The summed E-state index contributed by atoms with van der Waals surface area (Å²) in [6.45, 7) is 5.83. The molecule has 0 radical (unpaired) electrons. The van der Waals surface area contributed by atoms with Crippen molar-refractivity contribution in [2.75, 3.05) is 0 Å². The van der Waals surface area contributed by atoms with E-state index in [1.54, 1.807) is 12.1 Å². The van der Waals surface area contributed by atoms with Crippen molar-refractivity contribution in [3.05, 3.63) is 29.8 Å². The van der Waals surface area contributed by atoms with Crippen molar-refractivity contribution in [3.63, 3.8) is 0 Å². The Morgan fingerprint density at radius 3 is 2.11 bits per heavy atom. The van der Waals surface area contributed by atoms with E-state index in [4.69, 9.17) is 10.7 Å². The summed E-state index contributed by atoms with van der Waals surface area (Å²) in [5, 5.41) is 2.78. The minimum absolute atomic E-state index is 0.0510. The van der Waals surface area contributed by atoms with Crippen molar-refractivity contribution < 1.29 is 13.2 Å². The van der Waals surface area contributed by atoms with Crippen LogP contribution < -0.4 is 5.32 Å². The lowest BCUT2D eigenvalue weighted by Crippen LogP contribution is -2.34. The molecule has 0 aromatic heterocycles. The molecule has 18 heavy (non-hydrogen) atoms. The summed E-state index contributed by atoms with van der Waals surface area (Å²) in [5.41, 5.74) is 0.371. The van der Waals surface area contributed by atoms with E-state index in [9.17, 15) is 13.2 Å². The molecule has 0 saturated heterocycles. The van der Waals surface area contributed by atoms with Crippen molar-refractivity contribution in [1.29, 1.82) is 0 Å². The van der Waals surface area contributed by atoms with E-state index in [2.05, 4.69) is 5.32 Å². The van der Waals surface area contributed by atoms with Crippen LogP contribution in [0.3, 0.4) is 0 Å². The van der Waals surface area contributed by atoms with Crippen LogP contribution in [-0.2, 0) is 20.4 Å². The van der Waals surface area contributed by atoms with Gasteiger partial charge in [0.25, 0.3) is 9.05 Å². The van der Waals surface area contributed by atoms with Crippen LogP contribution in [0.1, 0.15) is 26.3 Å². The van der Waals surface area contributed by atoms with E-state index in [0.29, 0.717) is 6.54 Å². The van der Waals surface area contributed by atoms with Crippen LogP contribution in [0.2, 0.25) is 0 Å². The quantitative estimate of drug-likeness (QED) is 0.868. The maximum Gasteiger partial charge on any atom is 0.261 e. The van der Waals surface area contributed by atoms with Gasteiger partial charge in [-0.2, -0.15) is 0 Å². The van der Waals surface area contributed by atoms with Gasteiger partial charge in [-0.15, -0.1) is 0 Å². The van der Waals surface area contributed by atoms with Gasteiger partial charge in [-0.25, -0.2) is 8.42 Å². The Kier molecular flexibility index (Phi) is 4.40. The first kappa shape index (κ1) is 15.0. The third-order valence-electron chi connectivity index (χ3n) is 2.34. The Bertz CT molecular complexity index is 529. The zero-order valence-corrected chi connectivity index (χ0v) is 12.1. The number of carbonyl (C=O) groups excluding carboxylic acids is 1. The van der Waals surface area contributed by atoms with Crippen LogP contribution in [-0.4, -0.2) is 14.3 Å². The first-order valence-electron chi connectivity index (χ1n) is 5.42. The number of hydrogen-bond donors (Lipinski definition) is 1. The molecule has 1 aromatic carbocycles.